The first-order valence-corrected chi connectivity index (χ1v) is 7.69. The highest BCUT2D eigenvalue weighted by atomic mass is 19.4. The van der Waals surface area contributed by atoms with Crippen LogP contribution in [0.3, 0.4) is 0 Å². The number of benzene rings is 1. The third kappa shape index (κ3) is 3.46. The molecule has 1 atom stereocenters. The highest BCUT2D eigenvalue weighted by molar-refractivity contribution is 6.05. The molecule has 1 aromatic heterocycles. The maximum atomic E-state index is 12.6. The fraction of sp³-hybridized carbons (Fsp3) is 0.375. The summed E-state index contributed by atoms with van der Waals surface area (Å²) in [6, 6.07) is 4.70. The number of aromatic amines is 1. The normalized spacial score (nSPS) is 17.7. The maximum Gasteiger partial charge on any atom is 0.491 e. The van der Waals surface area contributed by atoms with Gasteiger partial charge in [-0.3, -0.25) is 4.79 Å². The van der Waals surface area contributed by atoms with Crippen molar-refractivity contribution in [1.29, 1.82) is 0 Å². The fourth-order valence-corrected chi connectivity index (χ4v) is 2.79. The van der Waals surface area contributed by atoms with Crippen molar-refractivity contribution >= 4 is 22.8 Å². The summed E-state index contributed by atoms with van der Waals surface area (Å²) in [6.07, 6.45) is -4.45. The molecule has 0 spiro atoms. The van der Waals surface area contributed by atoms with Crippen molar-refractivity contribution in [3.8, 4) is 5.75 Å². The molecule has 0 saturated carbocycles. The van der Waals surface area contributed by atoms with Gasteiger partial charge in [0.05, 0.1) is 5.52 Å². The standard InChI is InChI=1S/C16H16F3N3O3/c1-8-3-2-4-10-11(8)22-12(13(10)25-15(24)16(17,18)19)14(23)21-9-5-6-20-7-9/h2-4,9,20,22H,5-7H2,1H3,(H,21,23). The van der Waals surface area contributed by atoms with E-state index in [1.807, 2.05) is 0 Å². The Labute approximate surface area is 140 Å². The molecule has 1 unspecified atom stereocenters. The van der Waals surface area contributed by atoms with Crippen LogP contribution < -0.4 is 15.4 Å². The van der Waals surface area contributed by atoms with Crippen molar-refractivity contribution in [2.75, 3.05) is 13.1 Å². The molecule has 9 heteroatoms. The Morgan fingerprint density at radius 3 is 2.72 bits per heavy atom. The fourth-order valence-electron chi connectivity index (χ4n) is 2.79. The number of rotatable bonds is 3. The summed E-state index contributed by atoms with van der Waals surface area (Å²) in [6.45, 7) is 3.05. The number of carbonyl (C=O) groups excluding carboxylic acids is 2. The first-order chi connectivity index (χ1) is 11.8. The van der Waals surface area contributed by atoms with Crippen LogP contribution in [0.5, 0.6) is 5.75 Å². The molecule has 1 aliphatic heterocycles. The van der Waals surface area contributed by atoms with E-state index in [4.69, 9.17) is 0 Å². The number of alkyl halides is 3. The van der Waals surface area contributed by atoms with Crippen LogP contribution in [0.2, 0.25) is 0 Å². The number of esters is 1. The SMILES string of the molecule is Cc1cccc2c(OC(=O)C(F)(F)F)c(C(=O)NC3CCNC3)[nH]c12. The molecule has 0 bridgehead atoms. The number of amides is 1. The lowest BCUT2D eigenvalue weighted by molar-refractivity contribution is -0.189. The van der Waals surface area contributed by atoms with Crippen LogP contribution in [0.4, 0.5) is 13.2 Å². The van der Waals surface area contributed by atoms with Gasteiger partial charge in [0.2, 0.25) is 0 Å². The van der Waals surface area contributed by atoms with Crippen LogP contribution in [-0.4, -0.2) is 42.2 Å². The number of halogens is 3. The minimum Gasteiger partial charge on any atom is -0.417 e. The smallest absolute Gasteiger partial charge is 0.417 e. The van der Waals surface area contributed by atoms with Gasteiger partial charge in [0.25, 0.3) is 5.91 Å². The molecule has 2 aromatic rings. The Bertz CT molecular complexity index is 823. The molecule has 1 fully saturated rings. The Balaban J connectivity index is 2.00. The quantitative estimate of drug-likeness (QED) is 0.736. The van der Waals surface area contributed by atoms with Crippen molar-refractivity contribution in [1.82, 2.24) is 15.6 Å². The number of carbonyl (C=O) groups is 2. The van der Waals surface area contributed by atoms with Crippen molar-refractivity contribution in [2.24, 2.45) is 0 Å². The van der Waals surface area contributed by atoms with Crippen LogP contribution >= 0.6 is 0 Å². The summed E-state index contributed by atoms with van der Waals surface area (Å²) in [4.78, 5) is 26.6. The summed E-state index contributed by atoms with van der Waals surface area (Å²) in [5.41, 5.74) is 0.958. The third-order valence-corrected chi connectivity index (χ3v) is 4.04. The molecule has 1 aliphatic rings. The number of fused-ring (bicyclic) bond motifs is 1. The first-order valence-electron chi connectivity index (χ1n) is 7.69. The van der Waals surface area contributed by atoms with Gasteiger partial charge in [0, 0.05) is 18.0 Å². The molecule has 6 nitrogen and oxygen atoms in total. The number of para-hydroxylation sites is 1. The van der Waals surface area contributed by atoms with Crippen LogP contribution in [0.25, 0.3) is 10.9 Å². The van der Waals surface area contributed by atoms with Gasteiger partial charge in [-0.2, -0.15) is 13.2 Å². The van der Waals surface area contributed by atoms with E-state index in [0.717, 1.165) is 6.54 Å². The predicted octanol–water partition coefficient (Wildman–Crippen LogP) is 2.04. The Morgan fingerprint density at radius 1 is 1.32 bits per heavy atom. The molecular formula is C16H16F3N3O3. The van der Waals surface area contributed by atoms with Crippen molar-refractivity contribution in [3.05, 3.63) is 29.5 Å². The lowest BCUT2D eigenvalue weighted by Gasteiger charge is -2.12. The molecule has 3 rings (SSSR count). The van der Waals surface area contributed by atoms with E-state index in [2.05, 4.69) is 20.4 Å². The number of H-pyrrole nitrogens is 1. The van der Waals surface area contributed by atoms with Gasteiger partial charge in [-0.05, 0) is 31.5 Å². The van der Waals surface area contributed by atoms with E-state index in [-0.39, 0.29) is 17.1 Å². The zero-order valence-electron chi connectivity index (χ0n) is 13.3. The lowest BCUT2D eigenvalue weighted by atomic mass is 10.1. The Kier molecular flexibility index (Phi) is 4.42. The number of hydrogen-bond acceptors (Lipinski definition) is 4. The van der Waals surface area contributed by atoms with Gasteiger partial charge in [-0.25, -0.2) is 4.79 Å². The first kappa shape index (κ1) is 17.3. The van der Waals surface area contributed by atoms with Gasteiger partial charge >= 0.3 is 12.1 Å². The number of nitrogens with one attached hydrogen (secondary N) is 3. The van der Waals surface area contributed by atoms with Gasteiger partial charge in [0.15, 0.2) is 5.75 Å². The molecule has 0 radical (unpaired) electrons. The highest BCUT2D eigenvalue weighted by Crippen LogP contribution is 2.33. The highest BCUT2D eigenvalue weighted by Gasteiger charge is 2.42. The van der Waals surface area contributed by atoms with Crippen molar-refractivity contribution in [3.63, 3.8) is 0 Å². The molecule has 2 heterocycles. The molecule has 1 saturated heterocycles. The average Bonchev–Trinajstić information content (AvgIpc) is 3.15. The summed E-state index contributed by atoms with van der Waals surface area (Å²) in [5, 5.41) is 6.04. The molecule has 1 aromatic carbocycles. The maximum absolute atomic E-state index is 12.6. The van der Waals surface area contributed by atoms with E-state index >= 15 is 0 Å². The van der Waals surface area contributed by atoms with E-state index in [9.17, 15) is 22.8 Å². The largest absolute Gasteiger partial charge is 0.491 e. The zero-order valence-corrected chi connectivity index (χ0v) is 13.3. The van der Waals surface area contributed by atoms with E-state index in [0.29, 0.717) is 24.0 Å². The number of hydrogen-bond donors (Lipinski definition) is 3. The van der Waals surface area contributed by atoms with E-state index in [1.165, 1.54) is 6.07 Å². The molecular weight excluding hydrogens is 339 g/mol. The second kappa shape index (κ2) is 6.40. The predicted molar refractivity (Wildman–Crippen MR) is 83.5 cm³/mol. The summed E-state index contributed by atoms with van der Waals surface area (Å²) < 4.78 is 42.3. The van der Waals surface area contributed by atoms with Crippen LogP contribution in [0.1, 0.15) is 22.5 Å². The molecule has 134 valence electrons. The van der Waals surface area contributed by atoms with Gasteiger partial charge in [0.1, 0.15) is 5.69 Å². The summed E-state index contributed by atoms with van der Waals surface area (Å²) >= 11 is 0. The van der Waals surface area contributed by atoms with Gasteiger partial charge in [-0.1, -0.05) is 12.1 Å². The van der Waals surface area contributed by atoms with Gasteiger partial charge < -0.3 is 20.4 Å². The molecule has 25 heavy (non-hydrogen) atoms. The van der Waals surface area contributed by atoms with E-state index < -0.39 is 23.8 Å². The second-order valence-electron chi connectivity index (χ2n) is 5.88. The monoisotopic (exact) mass is 355 g/mol. The number of aryl methyl sites for hydroxylation is 1. The number of ether oxygens (including phenoxy) is 1. The minimum absolute atomic E-state index is 0.133. The minimum atomic E-state index is -5.16. The Hall–Kier alpha value is -2.55. The Morgan fingerprint density at radius 2 is 2.08 bits per heavy atom. The lowest BCUT2D eigenvalue weighted by Crippen LogP contribution is -2.37. The topological polar surface area (TPSA) is 83.2 Å². The molecule has 1 amide bonds. The second-order valence-corrected chi connectivity index (χ2v) is 5.88. The summed E-state index contributed by atoms with van der Waals surface area (Å²) in [5.74, 6) is -3.40. The van der Waals surface area contributed by atoms with E-state index in [1.54, 1.807) is 19.1 Å². The summed E-state index contributed by atoms with van der Waals surface area (Å²) in [7, 11) is 0. The van der Waals surface area contributed by atoms with Crippen LogP contribution in [0, 0.1) is 6.92 Å². The van der Waals surface area contributed by atoms with Crippen molar-refractivity contribution < 1.29 is 27.5 Å². The number of aromatic nitrogens is 1. The zero-order chi connectivity index (χ0) is 18.2. The third-order valence-electron chi connectivity index (χ3n) is 4.04. The average molecular weight is 355 g/mol. The van der Waals surface area contributed by atoms with Gasteiger partial charge in [-0.15, -0.1) is 0 Å². The van der Waals surface area contributed by atoms with Crippen LogP contribution in [-0.2, 0) is 4.79 Å². The molecule has 0 aliphatic carbocycles. The van der Waals surface area contributed by atoms with Crippen molar-refractivity contribution in [2.45, 2.75) is 25.6 Å². The molecule has 3 N–H and O–H groups in total. The van der Waals surface area contributed by atoms with Crippen LogP contribution in [0.15, 0.2) is 18.2 Å².